The summed E-state index contributed by atoms with van der Waals surface area (Å²) in [7, 11) is 0. The summed E-state index contributed by atoms with van der Waals surface area (Å²) >= 11 is 0. The lowest BCUT2D eigenvalue weighted by molar-refractivity contribution is -0.122. The van der Waals surface area contributed by atoms with Gasteiger partial charge >= 0.3 is 0 Å². The highest BCUT2D eigenvalue weighted by Gasteiger charge is 2.15. The van der Waals surface area contributed by atoms with Crippen molar-refractivity contribution >= 4 is 5.91 Å². The molecule has 17 heavy (non-hydrogen) atoms. The van der Waals surface area contributed by atoms with Crippen molar-refractivity contribution in [2.24, 2.45) is 11.1 Å². The van der Waals surface area contributed by atoms with Gasteiger partial charge in [-0.3, -0.25) is 4.79 Å². The minimum Gasteiger partial charge on any atom is -0.381 e. The monoisotopic (exact) mass is 244 g/mol. The van der Waals surface area contributed by atoms with Gasteiger partial charge in [0, 0.05) is 25.6 Å². The molecule has 0 radical (unpaired) electrons. The molecule has 0 saturated heterocycles. The molecule has 4 heteroatoms. The maximum atomic E-state index is 11.4. The number of carbonyl (C=O) groups excluding carboxylic acids is 1. The number of hydrogen-bond acceptors (Lipinski definition) is 3. The number of carbonyl (C=O) groups is 1. The van der Waals surface area contributed by atoms with Gasteiger partial charge in [0.1, 0.15) is 0 Å². The molecule has 3 N–H and O–H groups in total. The molecule has 0 aromatic heterocycles. The minimum atomic E-state index is 0.0189. The van der Waals surface area contributed by atoms with Crippen molar-refractivity contribution in [3.63, 3.8) is 0 Å². The van der Waals surface area contributed by atoms with Crippen LogP contribution in [0.5, 0.6) is 0 Å². The molecule has 102 valence electrons. The predicted octanol–water partition coefficient (Wildman–Crippen LogP) is 1.68. The zero-order valence-electron chi connectivity index (χ0n) is 11.7. The molecule has 1 atom stereocenters. The standard InChI is InChI=1S/C13H28N2O2/c1-5-7-17-8-6-12(16)15-10-11(14)9-13(2,3)4/h11H,5-10,14H2,1-4H3,(H,15,16). The molecular formula is C13H28N2O2. The third kappa shape index (κ3) is 11.6. The smallest absolute Gasteiger partial charge is 0.222 e. The molecule has 0 aromatic rings. The molecule has 0 bridgehead atoms. The van der Waals surface area contributed by atoms with Gasteiger partial charge in [-0.15, -0.1) is 0 Å². The summed E-state index contributed by atoms with van der Waals surface area (Å²) in [6, 6.07) is 0.0236. The first kappa shape index (κ1) is 16.4. The van der Waals surface area contributed by atoms with Crippen LogP contribution in [0.1, 0.15) is 47.0 Å². The maximum absolute atomic E-state index is 11.4. The van der Waals surface area contributed by atoms with E-state index in [-0.39, 0.29) is 17.4 Å². The number of rotatable bonds is 8. The molecule has 0 spiro atoms. The van der Waals surface area contributed by atoms with E-state index in [1.54, 1.807) is 0 Å². The van der Waals surface area contributed by atoms with Gasteiger partial charge in [-0.05, 0) is 18.3 Å². The predicted molar refractivity (Wildman–Crippen MR) is 70.8 cm³/mol. The fraction of sp³-hybridized carbons (Fsp3) is 0.923. The number of hydrogen-bond donors (Lipinski definition) is 2. The Bertz CT molecular complexity index is 212. The second-order valence-electron chi connectivity index (χ2n) is 5.69. The van der Waals surface area contributed by atoms with E-state index in [1.807, 2.05) is 6.92 Å². The fourth-order valence-electron chi connectivity index (χ4n) is 1.60. The van der Waals surface area contributed by atoms with E-state index in [9.17, 15) is 4.79 Å². The molecule has 1 unspecified atom stereocenters. The summed E-state index contributed by atoms with van der Waals surface area (Å²) < 4.78 is 5.25. The van der Waals surface area contributed by atoms with E-state index < -0.39 is 0 Å². The van der Waals surface area contributed by atoms with Gasteiger partial charge < -0.3 is 15.8 Å². The van der Waals surface area contributed by atoms with Crippen LogP contribution in [-0.2, 0) is 9.53 Å². The lowest BCUT2D eigenvalue weighted by atomic mass is 9.88. The van der Waals surface area contributed by atoms with Crippen LogP contribution in [0.4, 0.5) is 0 Å². The van der Waals surface area contributed by atoms with Crippen molar-refractivity contribution in [1.29, 1.82) is 0 Å². The molecule has 4 nitrogen and oxygen atoms in total. The Morgan fingerprint density at radius 1 is 1.35 bits per heavy atom. The van der Waals surface area contributed by atoms with Crippen molar-refractivity contribution in [1.82, 2.24) is 5.32 Å². The van der Waals surface area contributed by atoms with Crippen LogP contribution < -0.4 is 11.1 Å². The number of nitrogens with two attached hydrogens (primary N) is 1. The summed E-state index contributed by atoms with van der Waals surface area (Å²) in [6.45, 7) is 10.2. The SMILES string of the molecule is CCCOCCC(=O)NCC(N)CC(C)(C)C. The molecule has 0 saturated carbocycles. The Morgan fingerprint density at radius 3 is 2.53 bits per heavy atom. The van der Waals surface area contributed by atoms with Gasteiger partial charge in [0.25, 0.3) is 0 Å². The third-order valence-corrected chi connectivity index (χ3v) is 2.26. The summed E-state index contributed by atoms with van der Waals surface area (Å²) in [4.78, 5) is 11.4. The van der Waals surface area contributed by atoms with Crippen LogP contribution in [-0.4, -0.2) is 31.7 Å². The maximum Gasteiger partial charge on any atom is 0.222 e. The summed E-state index contributed by atoms with van der Waals surface area (Å²) in [5, 5.41) is 2.84. The molecule has 0 aliphatic carbocycles. The van der Waals surface area contributed by atoms with Crippen LogP contribution in [0.25, 0.3) is 0 Å². The first-order valence-corrected chi connectivity index (χ1v) is 6.45. The first-order valence-electron chi connectivity index (χ1n) is 6.45. The Balaban J connectivity index is 3.56. The van der Waals surface area contributed by atoms with Crippen LogP contribution >= 0.6 is 0 Å². The Kier molecular flexibility index (Phi) is 8.17. The topological polar surface area (TPSA) is 64.3 Å². The number of ether oxygens (including phenoxy) is 1. The fourth-order valence-corrected chi connectivity index (χ4v) is 1.60. The highest BCUT2D eigenvalue weighted by Crippen LogP contribution is 2.19. The molecule has 0 fully saturated rings. The molecule has 0 rings (SSSR count). The van der Waals surface area contributed by atoms with E-state index >= 15 is 0 Å². The minimum absolute atomic E-state index is 0.0189. The van der Waals surface area contributed by atoms with Crippen molar-refractivity contribution in [2.75, 3.05) is 19.8 Å². The van der Waals surface area contributed by atoms with Crippen molar-refractivity contribution in [3.05, 3.63) is 0 Å². The van der Waals surface area contributed by atoms with E-state index in [4.69, 9.17) is 10.5 Å². The van der Waals surface area contributed by atoms with Crippen molar-refractivity contribution in [3.8, 4) is 0 Å². The number of nitrogens with one attached hydrogen (secondary N) is 1. The van der Waals surface area contributed by atoms with Crippen LogP contribution in [0, 0.1) is 5.41 Å². The molecule has 0 aromatic carbocycles. The molecule has 0 aliphatic heterocycles. The van der Waals surface area contributed by atoms with Crippen molar-refractivity contribution < 1.29 is 9.53 Å². The third-order valence-electron chi connectivity index (χ3n) is 2.26. The van der Waals surface area contributed by atoms with Crippen molar-refractivity contribution in [2.45, 2.75) is 53.0 Å². The molecule has 1 amide bonds. The second kappa shape index (κ2) is 8.48. The van der Waals surface area contributed by atoms with Gasteiger partial charge in [0.05, 0.1) is 6.61 Å². The molecule has 0 heterocycles. The Labute approximate surface area is 105 Å². The second-order valence-corrected chi connectivity index (χ2v) is 5.69. The zero-order chi connectivity index (χ0) is 13.3. The largest absolute Gasteiger partial charge is 0.381 e. The normalized spacial score (nSPS) is 13.5. The highest BCUT2D eigenvalue weighted by atomic mass is 16.5. The van der Waals surface area contributed by atoms with Gasteiger partial charge in [-0.1, -0.05) is 27.7 Å². The lowest BCUT2D eigenvalue weighted by Crippen LogP contribution is -2.39. The van der Waals surface area contributed by atoms with E-state index in [0.717, 1.165) is 19.4 Å². The van der Waals surface area contributed by atoms with Gasteiger partial charge in [-0.2, -0.15) is 0 Å². The van der Waals surface area contributed by atoms with E-state index in [2.05, 4.69) is 26.1 Å². The van der Waals surface area contributed by atoms with Gasteiger partial charge in [0.2, 0.25) is 5.91 Å². The Hall–Kier alpha value is -0.610. The van der Waals surface area contributed by atoms with E-state index in [1.165, 1.54) is 0 Å². The van der Waals surface area contributed by atoms with Crippen LogP contribution in [0.15, 0.2) is 0 Å². The number of amides is 1. The Morgan fingerprint density at radius 2 is 2.00 bits per heavy atom. The quantitative estimate of drug-likeness (QED) is 0.639. The summed E-state index contributed by atoms with van der Waals surface area (Å²) in [5.41, 5.74) is 6.14. The van der Waals surface area contributed by atoms with Crippen LogP contribution in [0.3, 0.4) is 0 Å². The van der Waals surface area contributed by atoms with Gasteiger partial charge in [-0.25, -0.2) is 0 Å². The first-order chi connectivity index (χ1) is 7.85. The highest BCUT2D eigenvalue weighted by molar-refractivity contribution is 5.75. The zero-order valence-corrected chi connectivity index (χ0v) is 11.7. The van der Waals surface area contributed by atoms with Crippen LogP contribution in [0.2, 0.25) is 0 Å². The van der Waals surface area contributed by atoms with E-state index in [0.29, 0.717) is 19.6 Å². The molecule has 0 aliphatic rings. The molecular weight excluding hydrogens is 216 g/mol. The average Bonchev–Trinajstić information content (AvgIpc) is 2.19. The lowest BCUT2D eigenvalue weighted by Gasteiger charge is -2.23. The van der Waals surface area contributed by atoms with Gasteiger partial charge in [0.15, 0.2) is 0 Å². The summed E-state index contributed by atoms with van der Waals surface area (Å²) in [6.07, 6.45) is 2.31. The average molecular weight is 244 g/mol. The summed E-state index contributed by atoms with van der Waals surface area (Å²) in [5.74, 6) is 0.0189.